The lowest BCUT2D eigenvalue weighted by molar-refractivity contribution is -0.136. The Morgan fingerprint density at radius 1 is 0.971 bits per heavy atom. The maximum absolute atomic E-state index is 13.6. The number of aryl methyl sites for hydroxylation is 1. The quantitative estimate of drug-likeness (QED) is 0.526. The van der Waals surface area contributed by atoms with Gasteiger partial charge in [-0.2, -0.15) is 0 Å². The Kier molecular flexibility index (Phi) is 5.90. The van der Waals surface area contributed by atoms with Gasteiger partial charge in [0.05, 0.1) is 17.6 Å². The smallest absolute Gasteiger partial charge is 0.327 e. The highest BCUT2D eigenvalue weighted by Crippen LogP contribution is 2.38. The molecule has 2 saturated heterocycles. The summed E-state index contributed by atoms with van der Waals surface area (Å²) in [5.41, 5.74) is 2.58. The van der Waals surface area contributed by atoms with Crippen LogP contribution >= 0.6 is 0 Å². The summed E-state index contributed by atoms with van der Waals surface area (Å²) in [6.07, 6.45) is 2.05. The van der Waals surface area contributed by atoms with Gasteiger partial charge in [-0.3, -0.25) is 14.6 Å². The first-order valence-corrected chi connectivity index (χ1v) is 12.2. The normalized spacial score (nSPS) is 18.7. The fourth-order valence-electron chi connectivity index (χ4n) is 5.49. The third kappa shape index (κ3) is 3.78. The van der Waals surface area contributed by atoms with Crippen LogP contribution in [0.5, 0.6) is 0 Å². The molecule has 0 N–H and O–H groups in total. The van der Waals surface area contributed by atoms with E-state index in [9.17, 15) is 9.59 Å². The van der Waals surface area contributed by atoms with Gasteiger partial charge in [-0.05, 0) is 50.8 Å². The van der Waals surface area contributed by atoms with Crippen LogP contribution in [-0.2, 0) is 24.8 Å². The topological polar surface area (TPSA) is 61.7 Å². The SMILES string of the molecule is CC(C)N1C(=O)N(CCc2ccccc2)C2(CCN(Cc3nc4ccccc4n3C)CC2)C1=O. The molecule has 3 aromatic rings. The van der Waals surface area contributed by atoms with Gasteiger partial charge in [0, 0.05) is 32.7 Å². The van der Waals surface area contributed by atoms with Gasteiger partial charge in [0.2, 0.25) is 0 Å². The number of imide groups is 1. The maximum atomic E-state index is 13.6. The predicted molar refractivity (Wildman–Crippen MR) is 132 cm³/mol. The van der Waals surface area contributed by atoms with Gasteiger partial charge in [0.1, 0.15) is 11.4 Å². The standard InChI is InChI=1S/C27H33N5O2/c1-20(2)32-25(33)27(31(26(32)34)16-13-21-9-5-4-6-10-21)14-17-30(18-15-27)19-24-28-22-11-7-8-12-23(22)29(24)3/h4-12,20H,13-19H2,1-3H3. The van der Waals surface area contributed by atoms with E-state index in [4.69, 9.17) is 4.98 Å². The van der Waals surface area contributed by atoms with Crippen molar-refractivity contribution in [3.63, 3.8) is 0 Å². The number of nitrogens with zero attached hydrogens (tertiary/aromatic N) is 5. The molecule has 1 aromatic heterocycles. The van der Waals surface area contributed by atoms with Crippen LogP contribution in [0.25, 0.3) is 11.0 Å². The molecule has 0 bridgehead atoms. The minimum absolute atomic E-state index is 0.0251. The number of carbonyl (C=O) groups excluding carboxylic acids is 2. The first-order chi connectivity index (χ1) is 16.4. The summed E-state index contributed by atoms with van der Waals surface area (Å²) in [7, 11) is 2.06. The largest absolute Gasteiger partial charge is 0.330 e. The van der Waals surface area contributed by atoms with Crippen molar-refractivity contribution in [2.24, 2.45) is 7.05 Å². The van der Waals surface area contributed by atoms with E-state index in [1.807, 2.05) is 55.1 Å². The molecule has 2 fully saturated rings. The molecular weight excluding hydrogens is 426 g/mol. The number of urea groups is 1. The zero-order chi connectivity index (χ0) is 23.9. The number of likely N-dealkylation sites (tertiary alicyclic amines) is 1. The second kappa shape index (κ2) is 8.87. The summed E-state index contributed by atoms with van der Waals surface area (Å²) < 4.78 is 2.15. The number of para-hydroxylation sites is 2. The molecule has 0 atom stereocenters. The molecule has 5 rings (SSSR count). The van der Waals surface area contributed by atoms with E-state index >= 15 is 0 Å². The lowest BCUT2D eigenvalue weighted by Gasteiger charge is -2.42. The second-order valence-corrected chi connectivity index (χ2v) is 9.82. The van der Waals surface area contributed by atoms with Crippen molar-refractivity contribution in [1.82, 2.24) is 24.3 Å². The number of piperidine rings is 1. The van der Waals surface area contributed by atoms with Crippen LogP contribution in [0.4, 0.5) is 4.79 Å². The van der Waals surface area contributed by atoms with E-state index < -0.39 is 5.54 Å². The molecule has 2 aliphatic rings. The van der Waals surface area contributed by atoms with Crippen molar-refractivity contribution in [3.05, 3.63) is 66.0 Å². The highest BCUT2D eigenvalue weighted by molar-refractivity contribution is 6.07. The molecule has 2 aromatic carbocycles. The Labute approximate surface area is 201 Å². The summed E-state index contributed by atoms with van der Waals surface area (Å²) in [5.74, 6) is 0.999. The van der Waals surface area contributed by atoms with Crippen LogP contribution in [0.2, 0.25) is 0 Å². The van der Waals surface area contributed by atoms with Gasteiger partial charge in [-0.1, -0.05) is 42.5 Å². The van der Waals surface area contributed by atoms with Gasteiger partial charge in [-0.25, -0.2) is 9.78 Å². The third-order valence-electron chi connectivity index (χ3n) is 7.48. The second-order valence-electron chi connectivity index (χ2n) is 9.82. The van der Waals surface area contributed by atoms with Crippen molar-refractivity contribution in [3.8, 4) is 0 Å². The number of aromatic nitrogens is 2. The van der Waals surface area contributed by atoms with Crippen molar-refractivity contribution >= 4 is 23.0 Å². The summed E-state index contributed by atoms with van der Waals surface area (Å²) in [6.45, 7) is 6.66. The summed E-state index contributed by atoms with van der Waals surface area (Å²) in [6, 6.07) is 18.1. The first kappa shape index (κ1) is 22.6. The molecule has 0 unspecified atom stereocenters. The molecule has 3 amide bonds. The molecule has 0 aliphatic carbocycles. The number of fused-ring (bicyclic) bond motifs is 1. The number of carbonyl (C=O) groups is 2. The monoisotopic (exact) mass is 459 g/mol. The summed E-state index contributed by atoms with van der Waals surface area (Å²) in [4.78, 5) is 37.5. The van der Waals surface area contributed by atoms with E-state index in [2.05, 4.69) is 34.7 Å². The van der Waals surface area contributed by atoms with E-state index in [1.54, 1.807) is 0 Å². The van der Waals surface area contributed by atoms with Crippen LogP contribution in [0.3, 0.4) is 0 Å². The molecule has 34 heavy (non-hydrogen) atoms. The highest BCUT2D eigenvalue weighted by atomic mass is 16.2. The molecule has 1 spiro atoms. The van der Waals surface area contributed by atoms with E-state index in [0.717, 1.165) is 42.9 Å². The zero-order valence-electron chi connectivity index (χ0n) is 20.3. The minimum Gasteiger partial charge on any atom is -0.330 e. The van der Waals surface area contributed by atoms with E-state index in [1.165, 1.54) is 10.5 Å². The fraction of sp³-hybridized carbons (Fsp3) is 0.444. The van der Waals surface area contributed by atoms with Crippen molar-refractivity contribution in [1.29, 1.82) is 0 Å². The number of rotatable bonds is 6. The summed E-state index contributed by atoms with van der Waals surface area (Å²) in [5, 5.41) is 0. The maximum Gasteiger partial charge on any atom is 0.327 e. The number of benzene rings is 2. The van der Waals surface area contributed by atoms with Gasteiger partial charge in [0.25, 0.3) is 5.91 Å². The number of amides is 3. The Hall–Kier alpha value is -3.19. The van der Waals surface area contributed by atoms with Gasteiger partial charge >= 0.3 is 6.03 Å². The van der Waals surface area contributed by atoms with Gasteiger partial charge in [0.15, 0.2) is 0 Å². The minimum atomic E-state index is -0.737. The van der Waals surface area contributed by atoms with Crippen molar-refractivity contribution in [2.45, 2.75) is 51.2 Å². The fourth-order valence-corrected chi connectivity index (χ4v) is 5.49. The Balaban J connectivity index is 1.34. The van der Waals surface area contributed by atoms with Crippen LogP contribution in [-0.4, -0.2) is 67.4 Å². The lowest BCUT2D eigenvalue weighted by Crippen LogP contribution is -2.57. The van der Waals surface area contributed by atoms with Crippen LogP contribution in [0, 0.1) is 0 Å². The van der Waals surface area contributed by atoms with Crippen molar-refractivity contribution < 1.29 is 9.59 Å². The Bertz CT molecular complexity index is 1190. The lowest BCUT2D eigenvalue weighted by atomic mass is 9.85. The van der Waals surface area contributed by atoms with E-state index in [0.29, 0.717) is 19.4 Å². The van der Waals surface area contributed by atoms with Gasteiger partial charge in [-0.15, -0.1) is 0 Å². The van der Waals surface area contributed by atoms with Crippen LogP contribution in [0.1, 0.15) is 38.1 Å². The van der Waals surface area contributed by atoms with Gasteiger partial charge < -0.3 is 9.47 Å². The summed E-state index contributed by atoms with van der Waals surface area (Å²) >= 11 is 0. The molecule has 2 aliphatic heterocycles. The number of hydrogen-bond donors (Lipinski definition) is 0. The molecule has 7 heteroatoms. The number of imidazole rings is 1. The molecule has 7 nitrogen and oxygen atoms in total. The number of hydrogen-bond acceptors (Lipinski definition) is 4. The molecule has 0 saturated carbocycles. The third-order valence-corrected chi connectivity index (χ3v) is 7.48. The molecule has 0 radical (unpaired) electrons. The Morgan fingerprint density at radius 3 is 2.32 bits per heavy atom. The van der Waals surface area contributed by atoms with Crippen molar-refractivity contribution in [2.75, 3.05) is 19.6 Å². The van der Waals surface area contributed by atoms with E-state index in [-0.39, 0.29) is 18.0 Å². The molecule has 178 valence electrons. The van der Waals surface area contributed by atoms with Crippen LogP contribution < -0.4 is 0 Å². The average molecular weight is 460 g/mol. The molecular formula is C27H33N5O2. The predicted octanol–water partition coefficient (Wildman–Crippen LogP) is 3.82. The zero-order valence-corrected chi connectivity index (χ0v) is 20.3. The Morgan fingerprint density at radius 2 is 1.65 bits per heavy atom. The first-order valence-electron chi connectivity index (χ1n) is 12.2. The van der Waals surface area contributed by atoms with Crippen LogP contribution in [0.15, 0.2) is 54.6 Å². The average Bonchev–Trinajstić information content (AvgIpc) is 3.25. The highest BCUT2D eigenvalue weighted by Gasteiger charge is 2.58. The molecule has 3 heterocycles.